The first-order valence-electron chi connectivity index (χ1n) is 9.72. The van der Waals surface area contributed by atoms with E-state index in [4.69, 9.17) is 14.0 Å². The summed E-state index contributed by atoms with van der Waals surface area (Å²) >= 11 is 0. The quantitative estimate of drug-likeness (QED) is 0.681. The summed E-state index contributed by atoms with van der Waals surface area (Å²) < 4.78 is 16.8. The number of aromatic nitrogens is 2. The molecule has 2 heterocycles. The van der Waals surface area contributed by atoms with Crippen LogP contribution in [0.4, 0.5) is 5.69 Å². The molecule has 0 aliphatic carbocycles. The van der Waals surface area contributed by atoms with Crippen LogP contribution >= 0.6 is 0 Å². The monoisotopic (exact) mass is 393 g/mol. The molecule has 0 saturated heterocycles. The number of benzene rings is 2. The van der Waals surface area contributed by atoms with Crippen molar-refractivity contribution < 1.29 is 18.8 Å². The highest BCUT2D eigenvalue weighted by molar-refractivity contribution is 5.91. The van der Waals surface area contributed by atoms with Gasteiger partial charge in [-0.1, -0.05) is 22.9 Å². The van der Waals surface area contributed by atoms with E-state index in [0.717, 1.165) is 24.3 Å². The van der Waals surface area contributed by atoms with Crippen LogP contribution in [0.1, 0.15) is 42.3 Å². The number of ether oxygens (including phenoxy) is 2. The number of amides is 1. The minimum atomic E-state index is -0.291. The normalized spacial score (nSPS) is 15.3. The third-order valence-corrected chi connectivity index (χ3v) is 4.69. The third-order valence-electron chi connectivity index (χ3n) is 4.69. The van der Waals surface area contributed by atoms with Crippen molar-refractivity contribution in [3.8, 4) is 11.5 Å². The standard InChI is InChI=1S/C22H23N3O4/c1-3-27-17-8-6-16(7-9-17)23-21(26)13-20-24-22(29-25-20)19-11-5-15-12-14(2)4-10-18(15)28-19/h4,6-10,12,19H,3,5,11,13H2,1-2H3,(H,23,26). The Labute approximate surface area is 169 Å². The van der Waals surface area contributed by atoms with Crippen LogP contribution in [0.3, 0.4) is 0 Å². The smallest absolute Gasteiger partial charge is 0.267 e. The summed E-state index contributed by atoms with van der Waals surface area (Å²) in [7, 11) is 0. The van der Waals surface area contributed by atoms with Crippen molar-refractivity contribution in [2.75, 3.05) is 11.9 Å². The molecule has 0 radical (unpaired) electrons. The molecule has 1 unspecified atom stereocenters. The second kappa shape index (κ2) is 8.34. The van der Waals surface area contributed by atoms with Gasteiger partial charge >= 0.3 is 0 Å². The number of aryl methyl sites for hydroxylation is 2. The maximum Gasteiger partial charge on any atom is 0.267 e. The molecule has 0 spiro atoms. The summed E-state index contributed by atoms with van der Waals surface area (Å²) in [6, 6.07) is 13.3. The predicted octanol–water partition coefficient (Wildman–Crippen LogP) is 4.02. The highest BCUT2D eigenvalue weighted by atomic mass is 16.5. The molecule has 1 N–H and O–H groups in total. The van der Waals surface area contributed by atoms with E-state index in [1.54, 1.807) is 12.1 Å². The van der Waals surface area contributed by atoms with Gasteiger partial charge in [0.2, 0.25) is 5.91 Å². The summed E-state index contributed by atoms with van der Waals surface area (Å²) in [5, 5.41) is 6.75. The molecule has 2 aromatic carbocycles. The van der Waals surface area contributed by atoms with Crippen LogP contribution in [0.5, 0.6) is 11.5 Å². The molecule has 1 amide bonds. The van der Waals surface area contributed by atoms with Crippen molar-refractivity contribution in [2.24, 2.45) is 0 Å². The Kier molecular flexibility index (Phi) is 5.46. The van der Waals surface area contributed by atoms with Gasteiger partial charge in [0.1, 0.15) is 11.5 Å². The van der Waals surface area contributed by atoms with Gasteiger partial charge in [0, 0.05) is 5.69 Å². The summed E-state index contributed by atoms with van der Waals surface area (Å²) in [5.74, 6) is 2.13. The lowest BCUT2D eigenvalue weighted by molar-refractivity contribution is -0.115. The Hall–Kier alpha value is -3.35. The fourth-order valence-electron chi connectivity index (χ4n) is 3.31. The van der Waals surface area contributed by atoms with Gasteiger partial charge in [-0.25, -0.2) is 0 Å². The van der Waals surface area contributed by atoms with Gasteiger partial charge in [0.15, 0.2) is 11.9 Å². The third kappa shape index (κ3) is 4.56. The van der Waals surface area contributed by atoms with Crippen molar-refractivity contribution in [3.05, 3.63) is 65.3 Å². The van der Waals surface area contributed by atoms with Crippen molar-refractivity contribution >= 4 is 11.6 Å². The van der Waals surface area contributed by atoms with Crippen LogP contribution in [-0.2, 0) is 17.6 Å². The van der Waals surface area contributed by atoms with Crippen molar-refractivity contribution in [2.45, 2.75) is 39.2 Å². The molecule has 0 fully saturated rings. The van der Waals surface area contributed by atoms with Gasteiger partial charge in [0.25, 0.3) is 5.89 Å². The van der Waals surface area contributed by atoms with E-state index in [1.165, 1.54) is 11.1 Å². The number of fused-ring (bicyclic) bond motifs is 1. The van der Waals surface area contributed by atoms with E-state index in [0.29, 0.717) is 24.0 Å². The molecule has 7 heteroatoms. The molecule has 0 bridgehead atoms. The summed E-state index contributed by atoms with van der Waals surface area (Å²) in [5.41, 5.74) is 3.09. The van der Waals surface area contributed by atoms with Gasteiger partial charge < -0.3 is 19.3 Å². The van der Waals surface area contributed by atoms with E-state index in [1.807, 2.05) is 31.2 Å². The molecule has 4 rings (SSSR count). The van der Waals surface area contributed by atoms with Gasteiger partial charge in [0.05, 0.1) is 13.0 Å². The van der Waals surface area contributed by atoms with E-state index in [2.05, 4.69) is 28.4 Å². The highest BCUT2D eigenvalue weighted by Gasteiger charge is 2.26. The van der Waals surface area contributed by atoms with Crippen LogP contribution in [0.25, 0.3) is 0 Å². The average Bonchev–Trinajstić information content (AvgIpc) is 3.17. The SMILES string of the molecule is CCOc1ccc(NC(=O)Cc2noc(C3CCc4cc(C)ccc4O3)n2)cc1. The van der Waals surface area contributed by atoms with Gasteiger partial charge in [-0.05, 0) is 62.6 Å². The Balaban J connectivity index is 1.35. The maximum atomic E-state index is 12.3. The Morgan fingerprint density at radius 2 is 2.07 bits per heavy atom. The Bertz CT molecular complexity index is 998. The Morgan fingerprint density at radius 3 is 2.86 bits per heavy atom. The predicted molar refractivity (Wildman–Crippen MR) is 107 cm³/mol. The van der Waals surface area contributed by atoms with Crippen LogP contribution < -0.4 is 14.8 Å². The minimum absolute atomic E-state index is 0.0270. The molecule has 1 aliphatic heterocycles. The fraction of sp³-hybridized carbons (Fsp3) is 0.318. The maximum absolute atomic E-state index is 12.3. The van der Waals surface area contributed by atoms with E-state index < -0.39 is 0 Å². The molecule has 1 aromatic heterocycles. The van der Waals surface area contributed by atoms with E-state index >= 15 is 0 Å². The zero-order valence-corrected chi connectivity index (χ0v) is 16.5. The van der Waals surface area contributed by atoms with Crippen molar-refractivity contribution in [1.82, 2.24) is 10.1 Å². The topological polar surface area (TPSA) is 86.5 Å². The number of carbonyl (C=O) groups excluding carboxylic acids is 1. The molecule has 7 nitrogen and oxygen atoms in total. The zero-order chi connectivity index (χ0) is 20.2. The first-order chi connectivity index (χ1) is 14.1. The number of rotatable bonds is 6. The largest absolute Gasteiger partial charge is 0.494 e. The van der Waals surface area contributed by atoms with Gasteiger partial charge in [-0.15, -0.1) is 0 Å². The van der Waals surface area contributed by atoms with Gasteiger partial charge in [-0.2, -0.15) is 4.98 Å². The van der Waals surface area contributed by atoms with Crippen LogP contribution in [-0.4, -0.2) is 22.7 Å². The second-order valence-electron chi connectivity index (χ2n) is 6.99. The average molecular weight is 393 g/mol. The molecular formula is C22H23N3O4. The van der Waals surface area contributed by atoms with Gasteiger partial charge in [-0.3, -0.25) is 4.79 Å². The lowest BCUT2D eigenvalue weighted by Crippen LogP contribution is -2.17. The van der Waals surface area contributed by atoms with Crippen molar-refractivity contribution in [3.63, 3.8) is 0 Å². The molecule has 29 heavy (non-hydrogen) atoms. The molecule has 150 valence electrons. The molecule has 0 saturated carbocycles. The van der Waals surface area contributed by atoms with E-state index in [9.17, 15) is 4.79 Å². The zero-order valence-electron chi connectivity index (χ0n) is 16.5. The van der Waals surface area contributed by atoms with Crippen LogP contribution in [0.15, 0.2) is 47.0 Å². The summed E-state index contributed by atoms with van der Waals surface area (Å²) in [6.07, 6.45) is 1.38. The minimum Gasteiger partial charge on any atom is -0.494 e. The highest BCUT2D eigenvalue weighted by Crippen LogP contribution is 2.34. The lowest BCUT2D eigenvalue weighted by Gasteiger charge is -2.23. The number of nitrogens with zero attached hydrogens (tertiary/aromatic N) is 2. The number of hydrogen-bond acceptors (Lipinski definition) is 6. The number of anilines is 1. The summed E-state index contributed by atoms with van der Waals surface area (Å²) in [4.78, 5) is 16.6. The van der Waals surface area contributed by atoms with Crippen molar-refractivity contribution in [1.29, 1.82) is 0 Å². The molecule has 1 aliphatic rings. The molecular weight excluding hydrogens is 370 g/mol. The fourth-order valence-corrected chi connectivity index (χ4v) is 3.31. The second-order valence-corrected chi connectivity index (χ2v) is 6.99. The Morgan fingerprint density at radius 1 is 1.24 bits per heavy atom. The first kappa shape index (κ1) is 19.0. The molecule has 3 aromatic rings. The number of hydrogen-bond donors (Lipinski definition) is 1. The van der Waals surface area contributed by atoms with Crippen LogP contribution in [0.2, 0.25) is 0 Å². The number of carbonyl (C=O) groups is 1. The molecule has 1 atom stereocenters. The lowest BCUT2D eigenvalue weighted by atomic mass is 10.0. The summed E-state index contributed by atoms with van der Waals surface area (Å²) in [6.45, 7) is 4.59. The van der Waals surface area contributed by atoms with E-state index in [-0.39, 0.29) is 18.4 Å². The first-order valence-corrected chi connectivity index (χ1v) is 9.72. The van der Waals surface area contributed by atoms with Crippen LogP contribution in [0, 0.1) is 6.92 Å². The number of nitrogens with one attached hydrogen (secondary N) is 1.